The third-order valence-electron chi connectivity index (χ3n) is 6.84. The van der Waals surface area contributed by atoms with Crippen LogP contribution in [0.25, 0.3) is 11.0 Å². The van der Waals surface area contributed by atoms with E-state index < -0.39 is 0 Å². The summed E-state index contributed by atoms with van der Waals surface area (Å²) >= 11 is 0. The summed E-state index contributed by atoms with van der Waals surface area (Å²) < 4.78 is 2.37. The predicted molar refractivity (Wildman–Crippen MR) is 145 cm³/mol. The average Bonchev–Trinajstić information content (AvgIpc) is 3.23. The van der Waals surface area contributed by atoms with Gasteiger partial charge in [0, 0.05) is 19.5 Å². The normalized spacial score (nSPS) is 12.1. The molecule has 1 N–H and O–H groups in total. The minimum Gasteiger partial charge on any atom is -0.356 e. The average molecular weight is 468 g/mol. The van der Waals surface area contributed by atoms with Gasteiger partial charge in [-0.05, 0) is 54.0 Å². The van der Waals surface area contributed by atoms with Gasteiger partial charge in [0.1, 0.15) is 5.82 Å². The summed E-state index contributed by atoms with van der Waals surface area (Å²) in [5.74, 6) is 1.83. The van der Waals surface area contributed by atoms with E-state index in [1.54, 1.807) is 0 Å². The first-order valence-corrected chi connectivity index (χ1v) is 13.0. The van der Waals surface area contributed by atoms with Gasteiger partial charge in [-0.15, -0.1) is 0 Å². The molecule has 0 saturated heterocycles. The van der Waals surface area contributed by atoms with Crippen LogP contribution in [0, 0.1) is 0 Å². The highest BCUT2D eigenvalue weighted by Crippen LogP contribution is 2.22. The highest BCUT2D eigenvalue weighted by molar-refractivity contribution is 5.78. The van der Waals surface area contributed by atoms with Crippen LogP contribution in [0.5, 0.6) is 0 Å². The lowest BCUT2D eigenvalue weighted by Crippen LogP contribution is -2.26. The van der Waals surface area contributed by atoms with Crippen molar-refractivity contribution in [1.82, 2.24) is 14.9 Å². The van der Waals surface area contributed by atoms with Gasteiger partial charge in [0.05, 0.1) is 17.5 Å². The monoisotopic (exact) mass is 467 g/mol. The summed E-state index contributed by atoms with van der Waals surface area (Å²) in [4.78, 5) is 17.1. The van der Waals surface area contributed by atoms with Crippen molar-refractivity contribution in [3.63, 3.8) is 0 Å². The molecule has 4 nitrogen and oxygen atoms in total. The van der Waals surface area contributed by atoms with Crippen LogP contribution >= 0.6 is 0 Å². The molecule has 0 aliphatic carbocycles. The van der Waals surface area contributed by atoms with Crippen LogP contribution in [-0.2, 0) is 24.2 Å². The Morgan fingerprint density at radius 1 is 0.886 bits per heavy atom. The van der Waals surface area contributed by atoms with Gasteiger partial charge in [-0.2, -0.15) is 0 Å². The summed E-state index contributed by atoms with van der Waals surface area (Å²) in [7, 11) is 0. The van der Waals surface area contributed by atoms with Crippen molar-refractivity contribution in [3.8, 4) is 0 Å². The number of benzene rings is 3. The van der Waals surface area contributed by atoms with Gasteiger partial charge in [-0.3, -0.25) is 4.79 Å². The summed E-state index contributed by atoms with van der Waals surface area (Å²) in [5.41, 5.74) is 6.03. The lowest BCUT2D eigenvalue weighted by Gasteiger charge is -2.12. The lowest BCUT2D eigenvalue weighted by atomic mass is 9.97. The summed E-state index contributed by atoms with van der Waals surface area (Å²) in [5, 5.41) is 3.05. The fourth-order valence-electron chi connectivity index (χ4n) is 4.52. The number of nitrogens with zero attached hydrogens (tertiary/aromatic N) is 2. The zero-order chi connectivity index (χ0) is 24.5. The number of hydrogen-bond donors (Lipinski definition) is 1. The first-order valence-electron chi connectivity index (χ1n) is 13.0. The number of rotatable bonds is 12. The number of fused-ring (bicyclic) bond motifs is 1. The molecule has 1 aromatic heterocycles. The first-order chi connectivity index (χ1) is 17.1. The molecule has 0 spiro atoms. The van der Waals surface area contributed by atoms with E-state index in [1.807, 2.05) is 30.3 Å². The number of hydrogen-bond acceptors (Lipinski definition) is 2. The molecule has 3 aromatic carbocycles. The van der Waals surface area contributed by atoms with E-state index in [0.29, 0.717) is 12.3 Å². The van der Waals surface area contributed by atoms with E-state index in [2.05, 4.69) is 72.3 Å². The van der Waals surface area contributed by atoms with Crippen molar-refractivity contribution >= 4 is 16.9 Å². The molecular weight excluding hydrogens is 430 g/mol. The van der Waals surface area contributed by atoms with Crippen molar-refractivity contribution in [2.75, 3.05) is 6.54 Å². The largest absolute Gasteiger partial charge is 0.356 e. The minimum absolute atomic E-state index is 0.0948. The van der Waals surface area contributed by atoms with Crippen molar-refractivity contribution in [2.45, 2.75) is 64.8 Å². The molecule has 1 unspecified atom stereocenters. The molecule has 0 bridgehead atoms. The predicted octanol–water partition coefficient (Wildman–Crippen LogP) is 6.67. The maximum atomic E-state index is 12.1. The SMILES string of the molecule is CCC(C)c1ccc(Cn2c(CCCCCNC(=O)Cc3ccccc3)nc3ccccc32)cc1. The van der Waals surface area contributed by atoms with Crippen molar-refractivity contribution in [1.29, 1.82) is 0 Å². The fraction of sp³-hybridized carbons (Fsp3) is 0.355. The Bertz CT molecular complexity index is 1210. The Balaban J connectivity index is 1.30. The Morgan fingerprint density at radius 3 is 2.40 bits per heavy atom. The Labute approximate surface area is 209 Å². The fourth-order valence-corrected chi connectivity index (χ4v) is 4.52. The number of unbranched alkanes of at least 4 members (excludes halogenated alkanes) is 2. The van der Waals surface area contributed by atoms with Crippen molar-refractivity contribution in [2.24, 2.45) is 0 Å². The number of carbonyl (C=O) groups is 1. The second-order valence-corrected chi connectivity index (χ2v) is 9.48. The van der Waals surface area contributed by atoms with Gasteiger partial charge in [0.15, 0.2) is 0 Å². The van der Waals surface area contributed by atoms with Gasteiger partial charge in [0.25, 0.3) is 0 Å². The molecule has 0 aliphatic heterocycles. The minimum atomic E-state index is 0.0948. The van der Waals surface area contributed by atoms with Gasteiger partial charge in [0.2, 0.25) is 5.91 Å². The molecule has 4 aromatic rings. The quantitative estimate of drug-likeness (QED) is 0.237. The van der Waals surface area contributed by atoms with Crippen LogP contribution in [0.4, 0.5) is 0 Å². The molecule has 1 heterocycles. The number of amides is 1. The molecule has 35 heavy (non-hydrogen) atoms. The van der Waals surface area contributed by atoms with Gasteiger partial charge in [-0.25, -0.2) is 4.98 Å². The molecule has 0 aliphatic rings. The molecule has 0 saturated carbocycles. The summed E-state index contributed by atoms with van der Waals surface area (Å²) in [6, 6.07) is 27.4. The highest BCUT2D eigenvalue weighted by Gasteiger charge is 2.11. The topological polar surface area (TPSA) is 46.9 Å². The second kappa shape index (κ2) is 12.3. The third kappa shape index (κ3) is 6.82. The van der Waals surface area contributed by atoms with E-state index >= 15 is 0 Å². The second-order valence-electron chi connectivity index (χ2n) is 9.48. The number of para-hydroxylation sites is 2. The summed E-state index contributed by atoms with van der Waals surface area (Å²) in [6.07, 6.45) is 5.66. The van der Waals surface area contributed by atoms with E-state index in [9.17, 15) is 4.79 Å². The maximum Gasteiger partial charge on any atom is 0.224 e. The van der Waals surface area contributed by atoms with E-state index in [0.717, 1.165) is 62.1 Å². The number of carbonyl (C=O) groups excluding carboxylic acids is 1. The highest BCUT2D eigenvalue weighted by atomic mass is 16.1. The molecule has 4 heteroatoms. The smallest absolute Gasteiger partial charge is 0.224 e. The maximum absolute atomic E-state index is 12.1. The summed E-state index contributed by atoms with van der Waals surface area (Å²) in [6.45, 7) is 6.09. The van der Waals surface area contributed by atoms with Crippen LogP contribution in [-0.4, -0.2) is 22.0 Å². The molecule has 1 amide bonds. The lowest BCUT2D eigenvalue weighted by molar-refractivity contribution is -0.120. The third-order valence-corrected chi connectivity index (χ3v) is 6.84. The number of imidazole rings is 1. The molecule has 4 rings (SSSR count). The van der Waals surface area contributed by atoms with Gasteiger partial charge in [-0.1, -0.05) is 87.0 Å². The zero-order valence-corrected chi connectivity index (χ0v) is 21.0. The van der Waals surface area contributed by atoms with Crippen LogP contribution in [0.3, 0.4) is 0 Å². The van der Waals surface area contributed by atoms with Crippen LogP contribution in [0.1, 0.15) is 68.0 Å². The first kappa shape index (κ1) is 24.7. The number of aromatic nitrogens is 2. The molecular formula is C31H37N3O. The Morgan fingerprint density at radius 2 is 1.63 bits per heavy atom. The Hall–Kier alpha value is -3.40. The van der Waals surface area contributed by atoms with E-state index in [-0.39, 0.29) is 5.91 Å². The number of nitrogens with one attached hydrogen (secondary N) is 1. The Kier molecular flexibility index (Phi) is 8.72. The van der Waals surface area contributed by atoms with Crippen LogP contribution in [0.2, 0.25) is 0 Å². The van der Waals surface area contributed by atoms with Crippen molar-refractivity contribution in [3.05, 3.63) is 101 Å². The van der Waals surface area contributed by atoms with Crippen LogP contribution < -0.4 is 5.32 Å². The molecule has 182 valence electrons. The van der Waals surface area contributed by atoms with E-state index in [1.165, 1.54) is 16.6 Å². The van der Waals surface area contributed by atoms with E-state index in [4.69, 9.17) is 4.98 Å². The van der Waals surface area contributed by atoms with Crippen LogP contribution in [0.15, 0.2) is 78.9 Å². The van der Waals surface area contributed by atoms with Gasteiger partial charge < -0.3 is 9.88 Å². The van der Waals surface area contributed by atoms with Gasteiger partial charge >= 0.3 is 0 Å². The molecule has 1 atom stereocenters. The molecule has 0 fully saturated rings. The van der Waals surface area contributed by atoms with Crippen molar-refractivity contribution < 1.29 is 4.79 Å². The number of aryl methyl sites for hydroxylation is 1. The molecule has 0 radical (unpaired) electrons. The zero-order valence-electron chi connectivity index (χ0n) is 21.0. The standard InChI is InChI=1S/C31H37N3O/c1-3-24(2)27-19-17-26(18-20-27)23-34-29-15-10-9-14-28(29)33-30(34)16-8-5-11-21-32-31(35)22-25-12-6-4-7-13-25/h4,6-7,9-10,12-15,17-20,24H,3,5,8,11,16,21-23H2,1-2H3,(H,32,35).